The van der Waals surface area contributed by atoms with Crippen LogP contribution in [0.2, 0.25) is 0 Å². The van der Waals surface area contributed by atoms with Crippen LogP contribution in [0.15, 0.2) is 10.6 Å². The Morgan fingerprint density at radius 1 is 1.63 bits per heavy atom. The minimum atomic E-state index is -0.197. The van der Waals surface area contributed by atoms with Crippen LogP contribution >= 0.6 is 12.2 Å². The van der Waals surface area contributed by atoms with Gasteiger partial charge in [-0.2, -0.15) is 0 Å². The van der Waals surface area contributed by atoms with E-state index in [0.29, 0.717) is 23.7 Å². The lowest BCUT2D eigenvalue weighted by molar-refractivity contribution is 0.0700. The summed E-state index contributed by atoms with van der Waals surface area (Å²) < 4.78 is 9.92. The maximum Gasteiger partial charge on any atom is 0.276 e. The Balaban J connectivity index is 2.77. The van der Waals surface area contributed by atoms with Crippen LogP contribution in [0.3, 0.4) is 0 Å². The lowest BCUT2D eigenvalue weighted by Crippen LogP contribution is -2.39. The van der Waals surface area contributed by atoms with E-state index in [-0.39, 0.29) is 24.2 Å². The van der Waals surface area contributed by atoms with Crippen molar-refractivity contribution in [3.8, 4) is 0 Å². The Hall–Kier alpha value is -1.47. The monoisotopic (exact) mass is 285 g/mol. The van der Waals surface area contributed by atoms with Crippen molar-refractivity contribution in [3.63, 3.8) is 0 Å². The molecule has 0 aliphatic rings. The first-order valence-corrected chi connectivity index (χ1v) is 6.40. The zero-order valence-electron chi connectivity index (χ0n) is 11.4. The normalized spacial score (nSPS) is 10.7. The molecule has 0 saturated heterocycles. The van der Waals surface area contributed by atoms with Gasteiger partial charge >= 0.3 is 0 Å². The predicted octanol–water partition coefficient (Wildman–Crippen LogP) is 1.35. The number of carbonyl (C=O) groups excluding carboxylic acids is 1. The maximum absolute atomic E-state index is 12.3. The number of ether oxygens (including phenoxy) is 1. The number of methoxy groups -OCH3 is 1. The summed E-state index contributed by atoms with van der Waals surface area (Å²) in [5, 5.41) is 3.75. The number of amides is 1. The molecule has 1 rings (SSSR count). The van der Waals surface area contributed by atoms with E-state index in [1.54, 1.807) is 18.1 Å². The van der Waals surface area contributed by atoms with Gasteiger partial charge < -0.3 is 19.9 Å². The molecule has 0 spiro atoms. The number of aromatic nitrogens is 1. The third kappa shape index (κ3) is 4.60. The van der Waals surface area contributed by atoms with E-state index in [9.17, 15) is 4.79 Å². The Kier molecular flexibility index (Phi) is 5.91. The van der Waals surface area contributed by atoms with Crippen LogP contribution in [0.4, 0.5) is 0 Å². The van der Waals surface area contributed by atoms with Crippen molar-refractivity contribution < 1.29 is 14.1 Å². The molecule has 0 bridgehead atoms. The van der Waals surface area contributed by atoms with Crippen LogP contribution in [0.1, 0.15) is 36.5 Å². The highest BCUT2D eigenvalue weighted by Crippen LogP contribution is 2.11. The van der Waals surface area contributed by atoms with Crippen molar-refractivity contribution in [2.24, 2.45) is 5.73 Å². The zero-order valence-corrected chi connectivity index (χ0v) is 12.2. The molecule has 1 heterocycles. The standard InChI is InChI=1S/C12H19N3O3S/c1-8(2)15(5-4-11(13)19)12(16)10-6-9(7-17-3)18-14-10/h6,8H,4-5,7H2,1-3H3,(H2,13,19). The summed E-state index contributed by atoms with van der Waals surface area (Å²) in [5.41, 5.74) is 5.73. The molecular weight excluding hydrogens is 266 g/mol. The van der Waals surface area contributed by atoms with Crippen molar-refractivity contribution in [1.29, 1.82) is 0 Å². The number of hydrogen-bond donors (Lipinski definition) is 1. The van der Waals surface area contributed by atoms with Crippen LogP contribution in [0, 0.1) is 0 Å². The molecule has 0 aromatic carbocycles. The van der Waals surface area contributed by atoms with Gasteiger partial charge in [-0.1, -0.05) is 17.4 Å². The van der Waals surface area contributed by atoms with Crippen molar-refractivity contribution >= 4 is 23.1 Å². The second kappa shape index (κ2) is 7.20. The molecule has 7 heteroatoms. The first kappa shape index (κ1) is 15.6. The fourth-order valence-corrected chi connectivity index (χ4v) is 1.69. The number of rotatable bonds is 7. The van der Waals surface area contributed by atoms with Gasteiger partial charge in [-0.05, 0) is 13.8 Å². The predicted molar refractivity (Wildman–Crippen MR) is 74.8 cm³/mol. The van der Waals surface area contributed by atoms with Gasteiger partial charge in [0.1, 0.15) is 6.61 Å². The fraction of sp³-hybridized carbons (Fsp3) is 0.583. The minimum absolute atomic E-state index is 0.0319. The Morgan fingerprint density at radius 2 is 2.32 bits per heavy atom. The van der Waals surface area contributed by atoms with E-state index in [2.05, 4.69) is 5.16 Å². The molecule has 0 unspecified atom stereocenters. The topological polar surface area (TPSA) is 81.6 Å². The van der Waals surface area contributed by atoms with E-state index in [4.69, 9.17) is 27.2 Å². The van der Waals surface area contributed by atoms with E-state index >= 15 is 0 Å². The van der Waals surface area contributed by atoms with Crippen molar-refractivity contribution in [3.05, 3.63) is 17.5 Å². The van der Waals surface area contributed by atoms with Crippen LogP contribution in [-0.4, -0.2) is 40.6 Å². The second-order valence-corrected chi connectivity index (χ2v) is 4.94. The maximum atomic E-state index is 12.3. The largest absolute Gasteiger partial charge is 0.393 e. The molecule has 1 aromatic rings. The first-order chi connectivity index (χ1) is 8.95. The number of thiocarbonyl (C=S) groups is 1. The summed E-state index contributed by atoms with van der Waals surface area (Å²) >= 11 is 4.83. The van der Waals surface area contributed by atoms with E-state index in [1.807, 2.05) is 13.8 Å². The molecule has 2 N–H and O–H groups in total. The molecule has 1 amide bonds. The van der Waals surface area contributed by atoms with Gasteiger partial charge in [0, 0.05) is 32.2 Å². The van der Waals surface area contributed by atoms with Crippen LogP contribution in [0.25, 0.3) is 0 Å². The van der Waals surface area contributed by atoms with Gasteiger partial charge in [-0.25, -0.2) is 0 Å². The van der Waals surface area contributed by atoms with E-state index < -0.39 is 0 Å². The van der Waals surface area contributed by atoms with Crippen molar-refractivity contribution in [2.45, 2.75) is 32.9 Å². The highest BCUT2D eigenvalue weighted by Gasteiger charge is 2.22. The number of nitrogens with zero attached hydrogens (tertiary/aromatic N) is 2. The molecule has 0 fully saturated rings. The minimum Gasteiger partial charge on any atom is -0.393 e. The molecule has 106 valence electrons. The SMILES string of the molecule is COCc1cc(C(=O)N(CCC(N)=S)C(C)C)no1. The highest BCUT2D eigenvalue weighted by molar-refractivity contribution is 7.80. The van der Waals surface area contributed by atoms with Gasteiger partial charge in [-0.3, -0.25) is 4.79 Å². The molecule has 0 saturated carbocycles. The Bertz CT molecular complexity index is 445. The first-order valence-electron chi connectivity index (χ1n) is 5.99. The molecule has 6 nitrogen and oxygen atoms in total. The van der Waals surface area contributed by atoms with Gasteiger partial charge in [0.25, 0.3) is 5.91 Å². The average molecular weight is 285 g/mol. The Morgan fingerprint density at radius 3 is 2.84 bits per heavy atom. The summed E-state index contributed by atoms with van der Waals surface area (Å²) in [4.78, 5) is 14.3. The molecule has 0 atom stereocenters. The van der Waals surface area contributed by atoms with E-state index in [0.717, 1.165) is 0 Å². The lowest BCUT2D eigenvalue weighted by atomic mass is 10.2. The van der Waals surface area contributed by atoms with E-state index in [1.165, 1.54) is 0 Å². The van der Waals surface area contributed by atoms with Crippen LogP contribution < -0.4 is 5.73 Å². The zero-order chi connectivity index (χ0) is 14.4. The lowest BCUT2D eigenvalue weighted by Gasteiger charge is -2.25. The van der Waals surface area contributed by atoms with Gasteiger partial charge in [0.05, 0.1) is 4.99 Å². The third-order valence-electron chi connectivity index (χ3n) is 2.55. The van der Waals surface area contributed by atoms with Gasteiger partial charge in [0.2, 0.25) is 0 Å². The van der Waals surface area contributed by atoms with Crippen LogP contribution in [0.5, 0.6) is 0 Å². The smallest absolute Gasteiger partial charge is 0.276 e. The second-order valence-electron chi connectivity index (χ2n) is 4.42. The number of hydrogen-bond acceptors (Lipinski definition) is 5. The van der Waals surface area contributed by atoms with Gasteiger partial charge in [-0.15, -0.1) is 0 Å². The average Bonchev–Trinajstić information content (AvgIpc) is 2.77. The molecule has 0 radical (unpaired) electrons. The molecular formula is C12H19N3O3S. The number of nitrogens with two attached hydrogens (primary N) is 1. The quantitative estimate of drug-likeness (QED) is 0.762. The summed E-state index contributed by atoms with van der Waals surface area (Å²) in [5.74, 6) is 0.321. The molecule has 1 aromatic heterocycles. The van der Waals surface area contributed by atoms with Crippen LogP contribution in [-0.2, 0) is 11.3 Å². The summed E-state index contributed by atoms with van der Waals surface area (Å²) in [7, 11) is 1.55. The van der Waals surface area contributed by atoms with Crippen molar-refractivity contribution in [1.82, 2.24) is 10.1 Å². The summed E-state index contributed by atoms with van der Waals surface area (Å²) in [6.45, 7) is 4.61. The summed E-state index contributed by atoms with van der Waals surface area (Å²) in [6.07, 6.45) is 0.488. The highest BCUT2D eigenvalue weighted by atomic mass is 32.1. The Labute approximate surface area is 117 Å². The molecule has 0 aliphatic carbocycles. The summed E-state index contributed by atoms with van der Waals surface area (Å²) in [6, 6.07) is 1.62. The number of carbonyl (C=O) groups is 1. The fourth-order valence-electron chi connectivity index (χ4n) is 1.60. The third-order valence-corrected chi connectivity index (χ3v) is 2.75. The molecule has 0 aliphatic heterocycles. The van der Waals surface area contributed by atoms with Crippen molar-refractivity contribution in [2.75, 3.05) is 13.7 Å². The molecule has 19 heavy (non-hydrogen) atoms. The van der Waals surface area contributed by atoms with Gasteiger partial charge in [0.15, 0.2) is 11.5 Å².